The predicted octanol–water partition coefficient (Wildman–Crippen LogP) is 6.42. The SMILES string of the molecule is Fc1c(-c2ccc(Cl)s2)nc2ccccc2c1CNc1ccnc(Cl)c1. The van der Waals surface area contributed by atoms with E-state index in [0.717, 1.165) is 16.6 Å². The smallest absolute Gasteiger partial charge is 0.155 e. The minimum Gasteiger partial charge on any atom is -0.381 e. The second-order valence-electron chi connectivity index (χ2n) is 5.59. The summed E-state index contributed by atoms with van der Waals surface area (Å²) in [5.74, 6) is -0.352. The van der Waals surface area contributed by atoms with E-state index in [4.69, 9.17) is 23.2 Å². The quantitative estimate of drug-likeness (QED) is 0.399. The maximum atomic E-state index is 15.3. The van der Waals surface area contributed by atoms with Crippen LogP contribution in [-0.2, 0) is 6.54 Å². The molecule has 4 aromatic rings. The van der Waals surface area contributed by atoms with Crippen LogP contribution in [0.1, 0.15) is 5.56 Å². The zero-order valence-corrected chi connectivity index (χ0v) is 15.7. The van der Waals surface area contributed by atoms with Crippen molar-refractivity contribution in [2.24, 2.45) is 0 Å². The van der Waals surface area contributed by atoms with Crippen LogP contribution in [0.2, 0.25) is 9.49 Å². The second kappa shape index (κ2) is 7.19. The topological polar surface area (TPSA) is 37.8 Å². The van der Waals surface area contributed by atoms with Crippen molar-refractivity contribution in [2.75, 3.05) is 5.32 Å². The van der Waals surface area contributed by atoms with Crippen molar-refractivity contribution in [3.8, 4) is 10.6 Å². The molecule has 0 aliphatic carbocycles. The van der Waals surface area contributed by atoms with E-state index < -0.39 is 0 Å². The molecule has 7 heteroatoms. The molecule has 0 aliphatic rings. The van der Waals surface area contributed by atoms with E-state index in [1.807, 2.05) is 24.3 Å². The predicted molar refractivity (Wildman–Crippen MR) is 107 cm³/mol. The van der Waals surface area contributed by atoms with Crippen molar-refractivity contribution in [1.82, 2.24) is 9.97 Å². The van der Waals surface area contributed by atoms with E-state index in [9.17, 15) is 0 Å². The Labute approximate surface area is 163 Å². The van der Waals surface area contributed by atoms with Crippen LogP contribution in [0, 0.1) is 5.82 Å². The van der Waals surface area contributed by atoms with Gasteiger partial charge < -0.3 is 5.32 Å². The monoisotopic (exact) mass is 403 g/mol. The molecule has 4 rings (SSSR count). The van der Waals surface area contributed by atoms with Crippen molar-refractivity contribution in [3.63, 3.8) is 0 Å². The first-order chi connectivity index (χ1) is 12.6. The summed E-state index contributed by atoms with van der Waals surface area (Å²) in [6.07, 6.45) is 1.60. The molecule has 0 atom stereocenters. The van der Waals surface area contributed by atoms with Gasteiger partial charge in [-0.3, -0.25) is 0 Å². The number of benzene rings is 1. The van der Waals surface area contributed by atoms with Crippen LogP contribution in [0.25, 0.3) is 21.5 Å². The number of aromatic nitrogens is 2. The van der Waals surface area contributed by atoms with Gasteiger partial charge in [-0.25, -0.2) is 14.4 Å². The van der Waals surface area contributed by atoms with E-state index >= 15 is 4.39 Å². The molecular weight excluding hydrogens is 392 g/mol. The van der Waals surface area contributed by atoms with Crippen LogP contribution in [-0.4, -0.2) is 9.97 Å². The molecule has 0 radical (unpaired) electrons. The molecule has 1 N–H and O–H groups in total. The molecule has 0 saturated heterocycles. The Balaban J connectivity index is 1.80. The van der Waals surface area contributed by atoms with Crippen molar-refractivity contribution in [2.45, 2.75) is 6.54 Å². The molecule has 0 saturated carbocycles. The molecule has 130 valence electrons. The number of nitrogens with zero attached hydrogens (tertiary/aromatic N) is 2. The third-order valence-corrected chi connectivity index (χ3v) is 5.38. The van der Waals surface area contributed by atoms with Gasteiger partial charge in [0.15, 0.2) is 5.82 Å². The van der Waals surface area contributed by atoms with Gasteiger partial charge >= 0.3 is 0 Å². The number of fused-ring (bicyclic) bond motifs is 1. The molecule has 0 fully saturated rings. The Bertz CT molecular complexity index is 1100. The van der Waals surface area contributed by atoms with E-state index in [0.29, 0.717) is 32.2 Å². The van der Waals surface area contributed by atoms with Crippen LogP contribution in [0.5, 0.6) is 0 Å². The van der Waals surface area contributed by atoms with Crippen molar-refractivity contribution in [1.29, 1.82) is 0 Å². The first-order valence-electron chi connectivity index (χ1n) is 7.80. The summed E-state index contributed by atoms with van der Waals surface area (Å²) >= 11 is 13.2. The zero-order chi connectivity index (χ0) is 18.1. The summed E-state index contributed by atoms with van der Waals surface area (Å²) in [6, 6.07) is 14.5. The molecule has 0 amide bonds. The largest absolute Gasteiger partial charge is 0.381 e. The van der Waals surface area contributed by atoms with Crippen LogP contribution in [0.15, 0.2) is 54.7 Å². The highest BCUT2D eigenvalue weighted by atomic mass is 35.5. The molecule has 0 bridgehead atoms. The molecule has 3 heterocycles. The van der Waals surface area contributed by atoms with Gasteiger partial charge in [0.2, 0.25) is 0 Å². The maximum Gasteiger partial charge on any atom is 0.155 e. The lowest BCUT2D eigenvalue weighted by atomic mass is 10.1. The van der Waals surface area contributed by atoms with Gasteiger partial charge in [0.1, 0.15) is 10.8 Å². The van der Waals surface area contributed by atoms with E-state index in [1.165, 1.54) is 11.3 Å². The summed E-state index contributed by atoms with van der Waals surface area (Å²) in [5, 5.41) is 4.35. The van der Waals surface area contributed by atoms with Crippen molar-refractivity contribution in [3.05, 3.63) is 75.6 Å². The summed E-state index contributed by atoms with van der Waals surface area (Å²) < 4.78 is 15.9. The lowest BCUT2D eigenvalue weighted by molar-refractivity contribution is 0.615. The number of nitrogens with one attached hydrogen (secondary N) is 1. The Morgan fingerprint density at radius 2 is 1.92 bits per heavy atom. The Morgan fingerprint density at radius 3 is 2.69 bits per heavy atom. The van der Waals surface area contributed by atoms with Crippen LogP contribution in [0.4, 0.5) is 10.1 Å². The third kappa shape index (κ3) is 3.38. The highest BCUT2D eigenvalue weighted by Crippen LogP contribution is 2.35. The van der Waals surface area contributed by atoms with Gasteiger partial charge in [0.05, 0.1) is 14.7 Å². The molecule has 0 aliphatic heterocycles. The maximum absolute atomic E-state index is 15.3. The zero-order valence-electron chi connectivity index (χ0n) is 13.3. The van der Waals surface area contributed by atoms with Gasteiger partial charge in [-0.05, 0) is 30.3 Å². The number of hydrogen-bond acceptors (Lipinski definition) is 4. The number of anilines is 1. The van der Waals surface area contributed by atoms with Crippen LogP contribution < -0.4 is 5.32 Å². The molecule has 3 nitrogen and oxygen atoms in total. The van der Waals surface area contributed by atoms with Crippen molar-refractivity contribution < 1.29 is 4.39 Å². The van der Waals surface area contributed by atoms with Gasteiger partial charge in [-0.15, -0.1) is 11.3 Å². The number of pyridine rings is 2. The second-order valence-corrected chi connectivity index (χ2v) is 7.70. The summed E-state index contributed by atoms with van der Waals surface area (Å²) in [4.78, 5) is 9.16. The number of hydrogen-bond donors (Lipinski definition) is 1. The number of rotatable bonds is 4. The highest BCUT2D eigenvalue weighted by molar-refractivity contribution is 7.19. The normalized spacial score (nSPS) is 11.0. The van der Waals surface area contributed by atoms with E-state index in [-0.39, 0.29) is 5.82 Å². The van der Waals surface area contributed by atoms with Gasteiger partial charge in [-0.2, -0.15) is 0 Å². The number of thiophene rings is 1. The number of para-hydroxylation sites is 1. The minimum atomic E-state index is -0.352. The lowest BCUT2D eigenvalue weighted by Gasteiger charge is -2.13. The minimum absolute atomic E-state index is 0.293. The average molecular weight is 404 g/mol. The Hall–Kier alpha value is -2.21. The summed E-state index contributed by atoms with van der Waals surface area (Å²) in [6.45, 7) is 0.293. The van der Waals surface area contributed by atoms with Gasteiger partial charge in [0, 0.05) is 29.4 Å². The molecule has 0 spiro atoms. The summed E-state index contributed by atoms with van der Waals surface area (Å²) in [5.41, 5.74) is 2.36. The number of halogens is 3. The first-order valence-corrected chi connectivity index (χ1v) is 9.37. The van der Waals surface area contributed by atoms with E-state index in [1.54, 1.807) is 30.5 Å². The molecule has 3 aromatic heterocycles. The Kier molecular flexibility index (Phi) is 4.76. The Morgan fingerprint density at radius 1 is 1.08 bits per heavy atom. The third-order valence-electron chi connectivity index (χ3n) is 3.94. The van der Waals surface area contributed by atoms with Crippen LogP contribution >= 0.6 is 34.5 Å². The average Bonchev–Trinajstić information content (AvgIpc) is 3.07. The van der Waals surface area contributed by atoms with Gasteiger partial charge in [-0.1, -0.05) is 41.4 Å². The molecule has 1 aromatic carbocycles. The molecule has 0 unspecified atom stereocenters. The summed E-state index contributed by atoms with van der Waals surface area (Å²) in [7, 11) is 0. The molecule has 26 heavy (non-hydrogen) atoms. The fraction of sp³-hybridized carbons (Fsp3) is 0.0526. The standard InChI is InChI=1S/C19H12Cl2FN3S/c20-16-9-11(7-8-23-16)24-10-13-12-3-1-2-4-14(12)25-19(18(13)22)15-5-6-17(21)26-15/h1-9H,10H2,(H,23,24). The first kappa shape index (κ1) is 17.2. The van der Waals surface area contributed by atoms with Crippen LogP contribution in [0.3, 0.4) is 0 Å². The highest BCUT2D eigenvalue weighted by Gasteiger charge is 2.17. The van der Waals surface area contributed by atoms with Crippen molar-refractivity contribution >= 4 is 51.1 Å². The van der Waals surface area contributed by atoms with E-state index in [2.05, 4.69) is 15.3 Å². The molecular formula is C19H12Cl2FN3S. The fourth-order valence-electron chi connectivity index (χ4n) is 2.74. The fourth-order valence-corrected chi connectivity index (χ4v) is 3.94. The lowest BCUT2D eigenvalue weighted by Crippen LogP contribution is -2.05. The van der Waals surface area contributed by atoms with Gasteiger partial charge in [0.25, 0.3) is 0 Å².